The van der Waals surface area contributed by atoms with Gasteiger partial charge in [0, 0.05) is 18.8 Å². The largest absolute Gasteiger partial charge is 0.359 e. The van der Waals surface area contributed by atoms with Crippen LogP contribution < -0.4 is 5.32 Å². The lowest BCUT2D eigenvalue weighted by atomic mass is 10.2. The van der Waals surface area contributed by atoms with Gasteiger partial charge in [-0.15, -0.1) is 0 Å². The second-order valence-corrected chi connectivity index (χ2v) is 4.75. The first-order chi connectivity index (χ1) is 9.55. The number of aryl methyl sites for hydroxylation is 3. The van der Waals surface area contributed by atoms with E-state index < -0.39 is 0 Å². The van der Waals surface area contributed by atoms with E-state index >= 15 is 0 Å². The highest BCUT2D eigenvalue weighted by molar-refractivity contribution is 5.95. The summed E-state index contributed by atoms with van der Waals surface area (Å²) in [4.78, 5) is 12.2. The topological polar surface area (TPSA) is 73.0 Å². The van der Waals surface area contributed by atoms with Crippen molar-refractivity contribution in [3.63, 3.8) is 0 Å². The standard InChI is InChI=1S/C14H20N4O2/c1-5-11-7-13(20-17-11)10(4)15-14(19)12-8-18(6-2)16-9(12)3/h7-8,10H,5-6H2,1-4H3,(H,15,19)/t10-/m1/s1. The van der Waals surface area contributed by atoms with Gasteiger partial charge in [-0.3, -0.25) is 9.48 Å². The predicted molar refractivity (Wildman–Crippen MR) is 74.4 cm³/mol. The van der Waals surface area contributed by atoms with E-state index in [9.17, 15) is 4.79 Å². The van der Waals surface area contributed by atoms with Crippen LogP contribution in [0, 0.1) is 6.92 Å². The van der Waals surface area contributed by atoms with E-state index in [0.29, 0.717) is 11.3 Å². The fourth-order valence-corrected chi connectivity index (χ4v) is 1.95. The molecule has 0 aliphatic carbocycles. The Balaban J connectivity index is 2.08. The molecular formula is C14H20N4O2. The Labute approximate surface area is 118 Å². The lowest BCUT2D eigenvalue weighted by Gasteiger charge is -2.09. The van der Waals surface area contributed by atoms with Gasteiger partial charge in [-0.2, -0.15) is 5.10 Å². The van der Waals surface area contributed by atoms with Crippen molar-refractivity contribution in [3.05, 3.63) is 35.0 Å². The van der Waals surface area contributed by atoms with Gasteiger partial charge in [0.05, 0.1) is 23.0 Å². The summed E-state index contributed by atoms with van der Waals surface area (Å²) < 4.78 is 6.97. The van der Waals surface area contributed by atoms with Crippen LogP contribution in [-0.2, 0) is 13.0 Å². The number of nitrogens with zero attached hydrogens (tertiary/aromatic N) is 3. The molecule has 2 rings (SSSR count). The molecule has 2 aromatic heterocycles. The van der Waals surface area contributed by atoms with Crippen molar-refractivity contribution in [1.29, 1.82) is 0 Å². The SMILES string of the molecule is CCc1cc([C@@H](C)NC(=O)c2cn(CC)nc2C)on1. The van der Waals surface area contributed by atoms with Gasteiger partial charge in [0.15, 0.2) is 5.76 Å². The lowest BCUT2D eigenvalue weighted by molar-refractivity contribution is 0.0933. The van der Waals surface area contributed by atoms with Gasteiger partial charge in [-0.05, 0) is 27.2 Å². The minimum absolute atomic E-state index is 0.149. The third kappa shape index (κ3) is 2.89. The highest BCUT2D eigenvalue weighted by Gasteiger charge is 2.18. The maximum Gasteiger partial charge on any atom is 0.255 e. The van der Waals surface area contributed by atoms with Gasteiger partial charge in [0.1, 0.15) is 0 Å². The predicted octanol–water partition coefficient (Wildman–Crippen LogP) is 2.25. The van der Waals surface area contributed by atoms with Crippen molar-refractivity contribution in [1.82, 2.24) is 20.3 Å². The number of carbonyl (C=O) groups is 1. The molecule has 0 saturated heterocycles. The molecule has 0 spiro atoms. The molecule has 0 aliphatic heterocycles. The fourth-order valence-electron chi connectivity index (χ4n) is 1.95. The number of carbonyl (C=O) groups excluding carboxylic acids is 1. The second-order valence-electron chi connectivity index (χ2n) is 4.75. The Morgan fingerprint density at radius 3 is 2.80 bits per heavy atom. The average molecular weight is 276 g/mol. The molecular weight excluding hydrogens is 256 g/mol. The van der Waals surface area contributed by atoms with E-state index in [0.717, 1.165) is 24.4 Å². The molecule has 6 heteroatoms. The van der Waals surface area contributed by atoms with Crippen molar-refractivity contribution >= 4 is 5.91 Å². The number of hydrogen-bond acceptors (Lipinski definition) is 4. The maximum absolute atomic E-state index is 12.2. The Kier molecular flexibility index (Phi) is 4.22. The Morgan fingerprint density at radius 1 is 1.50 bits per heavy atom. The molecule has 0 unspecified atom stereocenters. The van der Waals surface area contributed by atoms with Crippen molar-refractivity contribution < 1.29 is 9.32 Å². The molecule has 2 heterocycles. The second kappa shape index (κ2) is 5.90. The normalized spacial score (nSPS) is 12.4. The van der Waals surface area contributed by atoms with Gasteiger partial charge >= 0.3 is 0 Å². The fraction of sp³-hybridized carbons (Fsp3) is 0.500. The lowest BCUT2D eigenvalue weighted by Crippen LogP contribution is -2.26. The zero-order valence-electron chi connectivity index (χ0n) is 12.3. The summed E-state index contributed by atoms with van der Waals surface area (Å²) in [6, 6.07) is 1.65. The smallest absolute Gasteiger partial charge is 0.255 e. The first-order valence-corrected chi connectivity index (χ1v) is 6.85. The number of aromatic nitrogens is 3. The van der Waals surface area contributed by atoms with Gasteiger partial charge in [-0.1, -0.05) is 12.1 Å². The summed E-state index contributed by atoms with van der Waals surface area (Å²) >= 11 is 0. The van der Waals surface area contributed by atoms with Gasteiger partial charge in [-0.25, -0.2) is 0 Å². The number of nitrogens with one attached hydrogen (secondary N) is 1. The van der Waals surface area contributed by atoms with Crippen LogP contribution in [0.25, 0.3) is 0 Å². The first kappa shape index (κ1) is 14.3. The van der Waals surface area contributed by atoms with E-state index in [1.165, 1.54) is 0 Å². The summed E-state index contributed by atoms with van der Waals surface area (Å²) in [5.41, 5.74) is 2.20. The van der Waals surface area contributed by atoms with E-state index in [1.807, 2.05) is 33.8 Å². The molecule has 0 saturated carbocycles. The highest BCUT2D eigenvalue weighted by atomic mass is 16.5. The monoisotopic (exact) mass is 276 g/mol. The summed E-state index contributed by atoms with van der Waals surface area (Å²) in [5.74, 6) is 0.514. The van der Waals surface area contributed by atoms with Crippen LogP contribution in [0.15, 0.2) is 16.8 Å². The van der Waals surface area contributed by atoms with E-state index in [1.54, 1.807) is 10.9 Å². The summed E-state index contributed by atoms with van der Waals surface area (Å²) in [6.45, 7) is 8.43. The Morgan fingerprint density at radius 2 is 2.25 bits per heavy atom. The van der Waals surface area contributed by atoms with Crippen LogP contribution in [-0.4, -0.2) is 20.8 Å². The molecule has 0 radical (unpaired) electrons. The van der Waals surface area contributed by atoms with Crippen LogP contribution in [0.5, 0.6) is 0 Å². The third-order valence-electron chi connectivity index (χ3n) is 3.23. The summed E-state index contributed by atoms with van der Waals surface area (Å²) in [7, 11) is 0. The van der Waals surface area contributed by atoms with Crippen LogP contribution in [0.1, 0.15) is 54.3 Å². The molecule has 1 atom stereocenters. The summed E-state index contributed by atoms with van der Waals surface area (Å²) in [5, 5.41) is 11.1. The van der Waals surface area contributed by atoms with Gasteiger partial charge < -0.3 is 9.84 Å². The summed E-state index contributed by atoms with van der Waals surface area (Å²) in [6.07, 6.45) is 2.57. The number of rotatable bonds is 5. The number of amides is 1. The molecule has 0 aromatic carbocycles. The molecule has 2 aromatic rings. The zero-order valence-corrected chi connectivity index (χ0v) is 12.3. The van der Waals surface area contributed by atoms with Crippen LogP contribution in [0.4, 0.5) is 0 Å². The van der Waals surface area contributed by atoms with Crippen molar-refractivity contribution in [2.75, 3.05) is 0 Å². The maximum atomic E-state index is 12.2. The van der Waals surface area contributed by atoms with Crippen molar-refractivity contribution in [3.8, 4) is 0 Å². The van der Waals surface area contributed by atoms with Crippen molar-refractivity contribution in [2.24, 2.45) is 0 Å². The van der Waals surface area contributed by atoms with E-state index in [-0.39, 0.29) is 11.9 Å². The number of hydrogen-bond donors (Lipinski definition) is 1. The molecule has 1 N–H and O–H groups in total. The average Bonchev–Trinajstić information content (AvgIpc) is 3.04. The molecule has 0 bridgehead atoms. The Bertz CT molecular complexity index is 600. The molecule has 0 fully saturated rings. The molecule has 6 nitrogen and oxygen atoms in total. The minimum Gasteiger partial charge on any atom is -0.359 e. The molecule has 20 heavy (non-hydrogen) atoms. The highest BCUT2D eigenvalue weighted by Crippen LogP contribution is 2.15. The van der Waals surface area contributed by atoms with Crippen LogP contribution in [0.2, 0.25) is 0 Å². The molecule has 0 aliphatic rings. The van der Waals surface area contributed by atoms with Crippen LogP contribution in [0.3, 0.4) is 0 Å². The minimum atomic E-state index is -0.223. The Hall–Kier alpha value is -2.11. The quantitative estimate of drug-likeness (QED) is 0.909. The van der Waals surface area contributed by atoms with Crippen molar-refractivity contribution in [2.45, 2.75) is 46.7 Å². The van der Waals surface area contributed by atoms with Gasteiger partial charge in [0.2, 0.25) is 0 Å². The van der Waals surface area contributed by atoms with Gasteiger partial charge in [0.25, 0.3) is 5.91 Å². The molecule has 108 valence electrons. The van der Waals surface area contributed by atoms with E-state index in [2.05, 4.69) is 15.6 Å². The third-order valence-corrected chi connectivity index (χ3v) is 3.23. The van der Waals surface area contributed by atoms with E-state index in [4.69, 9.17) is 4.52 Å². The van der Waals surface area contributed by atoms with Crippen LogP contribution >= 0.6 is 0 Å². The first-order valence-electron chi connectivity index (χ1n) is 6.85. The zero-order chi connectivity index (χ0) is 14.7. The molecule has 1 amide bonds.